The summed E-state index contributed by atoms with van der Waals surface area (Å²) in [5.41, 5.74) is 5.19. The predicted octanol–water partition coefficient (Wildman–Crippen LogP) is 3.57. The summed E-state index contributed by atoms with van der Waals surface area (Å²) in [6.45, 7) is 4.44. The van der Waals surface area contributed by atoms with Crippen LogP contribution >= 0.6 is 0 Å². The summed E-state index contributed by atoms with van der Waals surface area (Å²) in [5, 5.41) is 4.58. The van der Waals surface area contributed by atoms with Gasteiger partial charge in [-0.25, -0.2) is 0 Å². The number of hydrogen-bond acceptors (Lipinski definition) is 3. The lowest BCUT2D eigenvalue weighted by molar-refractivity contribution is 0.183. The van der Waals surface area contributed by atoms with Gasteiger partial charge in [-0.05, 0) is 55.5 Å². The molecule has 3 heteroatoms. The van der Waals surface area contributed by atoms with E-state index >= 15 is 0 Å². The van der Waals surface area contributed by atoms with E-state index in [0.717, 1.165) is 24.4 Å². The molecule has 1 N–H and O–H groups in total. The highest BCUT2D eigenvalue weighted by Crippen LogP contribution is 2.32. The van der Waals surface area contributed by atoms with E-state index in [9.17, 15) is 0 Å². The lowest BCUT2D eigenvalue weighted by Gasteiger charge is -2.15. The van der Waals surface area contributed by atoms with E-state index < -0.39 is 0 Å². The lowest BCUT2D eigenvalue weighted by Crippen LogP contribution is -2.12. The molecule has 1 heterocycles. The van der Waals surface area contributed by atoms with Crippen LogP contribution in [0.4, 0.5) is 0 Å². The van der Waals surface area contributed by atoms with Crippen LogP contribution in [-0.2, 0) is 30.7 Å². The zero-order valence-corrected chi connectivity index (χ0v) is 12.4. The minimum atomic E-state index is 0.618. The van der Waals surface area contributed by atoms with Crippen LogP contribution in [0.3, 0.4) is 0 Å². The topological polar surface area (TPSA) is 34.4 Å². The molecular weight excluding hydrogens is 250 g/mol. The van der Waals surface area contributed by atoms with Gasteiger partial charge in [0.2, 0.25) is 0 Å². The SMILES string of the molecule is CCNCc1oc2cc3c(cc2c1COC)CCCC3. The Balaban J connectivity index is 2.07. The van der Waals surface area contributed by atoms with Gasteiger partial charge in [-0.3, -0.25) is 0 Å². The third-order valence-electron chi connectivity index (χ3n) is 4.16. The Bertz CT molecular complexity index is 601. The van der Waals surface area contributed by atoms with Gasteiger partial charge in [0.25, 0.3) is 0 Å². The molecule has 1 aromatic heterocycles. The normalized spacial score (nSPS) is 14.7. The number of furan rings is 1. The third-order valence-corrected chi connectivity index (χ3v) is 4.16. The molecular formula is C17H23NO2. The summed E-state index contributed by atoms with van der Waals surface area (Å²) < 4.78 is 11.4. The van der Waals surface area contributed by atoms with E-state index in [0.29, 0.717) is 6.61 Å². The molecule has 0 unspecified atom stereocenters. The van der Waals surface area contributed by atoms with Crippen LogP contribution in [0.25, 0.3) is 11.0 Å². The van der Waals surface area contributed by atoms with Crippen LogP contribution < -0.4 is 5.32 Å². The Morgan fingerprint density at radius 3 is 2.65 bits per heavy atom. The van der Waals surface area contributed by atoms with Gasteiger partial charge in [-0.15, -0.1) is 0 Å². The minimum absolute atomic E-state index is 0.618. The fraction of sp³-hybridized carbons (Fsp3) is 0.529. The van der Waals surface area contributed by atoms with Crippen molar-refractivity contribution in [1.82, 2.24) is 5.32 Å². The molecule has 0 spiro atoms. The summed E-state index contributed by atoms with van der Waals surface area (Å²) >= 11 is 0. The Hall–Kier alpha value is -1.32. The maximum atomic E-state index is 6.08. The highest BCUT2D eigenvalue weighted by Gasteiger charge is 2.17. The van der Waals surface area contributed by atoms with Crippen molar-refractivity contribution in [3.63, 3.8) is 0 Å². The second kappa shape index (κ2) is 5.98. The first-order chi connectivity index (χ1) is 9.83. The average Bonchev–Trinajstić information content (AvgIpc) is 2.80. The Labute approximate surface area is 120 Å². The molecule has 3 nitrogen and oxygen atoms in total. The van der Waals surface area contributed by atoms with Gasteiger partial charge in [0.1, 0.15) is 11.3 Å². The van der Waals surface area contributed by atoms with Gasteiger partial charge in [0.15, 0.2) is 0 Å². The maximum Gasteiger partial charge on any atom is 0.135 e. The third kappa shape index (κ3) is 2.48. The van der Waals surface area contributed by atoms with Crippen molar-refractivity contribution in [1.29, 1.82) is 0 Å². The molecule has 0 bridgehead atoms. The summed E-state index contributed by atoms with van der Waals surface area (Å²) in [6.07, 6.45) is 4.99. The van der Waals surface area contributed by atoms with E-state index in [1.54, 1.807) is 7.11 Å². The van der Waals surface area contributed by atoms with Crippen LogP contribution in [0.5, 0.6) is 0 Å². The van der Waals surface area contributed by atoms with Gasteiger partial charge in [-0.1, -0.05) is 6.92 Å². The second-order valence-corrected chi connectivity index (χ2v) is 5.54. The standard InChI is InChI=1S/C17H23NO2/c1-3-18-10-17-15(11-19-2)14-8-12-6-4-5-7-13(12)9-16(14)20-17/h8-9,18H,3-7,10-11H2,1-2H3. The first-order valence-corrected chi connectivity index (χ1v) is 7.59. The molecule has 0 saturated carbocycles. The highest BCUT2D eigenvalue weighted by atomic mass is 16.5. The Kier molecular flexibility index (Phi) is 4.08. The minimum Gasteiger partial charge on any atom is -0.459 e. The van der Waals surface area contributed by atoms with Crippen LogP contribution in [-0.4, -0.2) is 13.7 Å². The molecule has 1 aromatic carbocycles. The van der Waals surface area contributed by atoms with Gasteiger partial charge >= 0.3 is 0 Å². The zero-order chi connectivity index (χ0) is 13.9. The van der Waals surface area contributed by atoms with Crippen molar-refractivity contribution >= 4 is 11.0 Å². The van der Waals surface area contributed by atoms with E-state index in [-0.39, 0.29) is 0 Å². The van der Waals surface area contributed by atoms with Crippen LogP contribution in [0.1, 0.15) is 42.2 Å². The van der Waals surface area contributed by atoms with E-state index in [2.05, 4.69) is 24.4 Å². The van der Waals surface area contributed by atoms with Gasteiger partial charge in [0.05, 0.1) is 13.2 Å². The number of methoxy groups -OCH3 is 1. The fourth-order valence-corrected chi connectivity index (χ4v) is 3.11. The maximum absolute atomic E-state index is 6.08. The van der Waals surface area contributed by atoms with Crippen molar-refractivity contribution < 1.29 is 9.15 Å². The van der Waals surface area contributed by atoms with Crippen molar-refractivity contribution in [3.05, 3.63) is 34.6 Å². The summed E-state index contributed by atoms with van der Waals surface area (Å²) in [5.74, 6) is 1.02. The monoisotopic (exact) mass is 273 g/mol. The highest BCUT2D eigenvalue weighted by molar-refractivity contribution is 5.84. The molecule has 1 aliphatic carbocycles. The van der Waals surface area contributed by atoms with E-state index in [1.807, 2.05) is 0 Å². The van der Waals surface area contributed by atoms with Crippen molar-refractivity contribution in [2.24, 2.45) is 0 Å². The molecule has 0 saturated heterocycles. The Morgan fingerprint density at radius 2 is 1.95 bits per heavy atom. The van der Waals surface area contributed by atoms with Gasteiger partial charge < -0.3 is 14.5 Å². The predicted molar refractivity (Wildman–Crippen MR) is 80.9 cm³/mol. The molecule has 2 aromatic rings. The number of nitrogens with one attached hydrogen (secondary N) is 1. The molecule has 0 atom stereocenters. The van der Waals surface area contributed by atoms with Crippen LogP contribution in [0.2, 0.25) is 0 Å². The van der Waals surface area contributed by atoms with Crippen molar-refractivity contribution in [2.45, 2.75) is 45.8 Å². The number of hydrogen-bond donors (Lipinski definition) is 1. The summed E-state index contributed by atoms with van der Waals surface area (Å²) in [6, 6.07) is 4.58. The molecule has 0 amide bonds. The first kappa shape index (κ1) is 13.7. The lowest BCUT2D eigenvalue weighted by atomic mass is 9.90. The molecule has 3 rings (SSSR count). The van der Waals surface area contributed by atoms with Crippen molar-refractivity contribution in [2.75, 3.05) is 13.7 Å². The average molecular weight is 273 g/mol. The smallest absolute Gasteiger partial charge is 0.135 e. The van der Waals surface area contributed by atoms with Gasteiger partial charge in [0, 0.05) is 18.1 Å². The summed E-state index contributed by atoms with van der Waals surface area (Å²) in [7, 11) is 1.74. The second-order valence-electron chi connectivity index (χ2n) is 5.54. The quantitative estimate of drug-likeness (QED) is 0.904. The van der Waals surface area contributed by atoms with Crippen LogP contribution in [0.15, 0.2) is 16.5 Å². The number of benzene rings is 1. The number of ether oxygens (including phenoxy) is 1. The number of fused-ring (bicyclic) bond motifs is 2. The molecule has 0 fully saturated rings. The molecule has 108 valence electrons. The number of rotatable bonds is 5. The van der Waals surface area contributed by atoms with Crippen molar-refractivity contribution in [3.8, 4) is 0 Å². The van der Waals surface area contributed by atoms with E-state index in [1.165, 1.54) is 47.8 Å². The molecule has 0 aliphatic heterocycles. The van der Waals surface area contributed by atoms with Crippen LogP contribution in [0, 0.1) is 0 Å². The van der Waals surface area contributed by atoms with Gasteiger partial charge in [-0.2, -0.15) is 0 Å². The number of aryl methyl sites for hydroxylation is 2. The fourth-order valence-electron chi connectivity index (χ4n) is 3.11. The molecule has 1 aliphatic rings. The zero-order valence-electron chi connectivity index (χ0n) is 12.4. The Morgan fingerprint density at radius 1 is 1.20 bits per heavy atom. The van der Waals surface area contributed by atoms with E-state index in [4.69, 9.17) is 9.15 Å². The molecule has 20 heavy (non-hydrogen) atoms. The summed E-state index contributed by atoms with van der Waals surface area (Å²) in [4.78, 5) is 0. The first-order valence-electron chi connectivity index (χ1n) is 7.59. The molecule has 0 radical (unpaired) electrons. The largest absolute Gasteiger partial charge is 0.459 e.